The molecule has 4 aromatic rings. The Balaban J connectivity index is 1.66. The van der Waals surface area contributed by atoms with Gasteiger partial charge in [-0.25, -0.2) is 4.98 Å². The number of pyridine rings is 1. The van der Waals surface area contributed by atoms with Gasteiger partial charge in [0.05, 0.1) is 0 Å². The minimum Gasteiger partial charge on any atom is -0.481 e. The van der Waals surface area contributed by atoms with E-state index in [-0.39, 0.29) is 5.91 Å². The molecule has 2 aromatic heterocycles. The Labute approximate surface area is 173 Å². The van der Waals surface area contributed by atoms with Gasteiger partial charge in [-0.3, -0.25) is 9.20 Å². The molecule has 6 heteroatoms. The highest BCUT2D eigenvalue weighted by molar-refractivity contribution is 6.30. The molecule has 0 aliphatic heterocycles. The topological polar surface area (TPSA) is 55.6 Å². The van der Waals surface area contributed by atoms with Gasteiger partial charge in [0.2, 0.25) is 0 Å². The van der Waals surface area contributed by atoms with Gasteiger partial charge in [0.1, 0.15) is 22.9 Å². The average Bonchev–Trinajstić information content (AvgIpc) is 3.06. The first-order valence-corrected chi connectivity index (χ1v) is 9.66. The standard InChI is InChI=1S/C23H20ClN3O2/c1-15-11-12-27-20(13-15)25-21(17-7-4-3-5-8-17)22(27)26-23(28)16(2)29-19-10-6-9-18(24)14-19/h3-14,16H,1-2H3,(H,26,28). The van der Waals surface area contributed by atoms with E-state index in [0.29, 0.717) is 22.3 Å². The largest absolute Gasteiger partial charge is 0.481 e. The van der Waals surface area contributed by atoms with E-state index in [1.807, 2.05) is 60.0 Å². The summed E-state index contributed by atoms with van der Waals surface area (Å²) in [6.07, 6.45) is 1.19. The first kappa shape index (κ1) is 19.0. The van der Waals surface area contributed by atoms with Crippen molar-refractivity contribution in [3.05, 3.63) is 83.5 Å². The van der Waals surface area contributed by atoms with Crippen molar-refractivity contribution < 1.29 is 9.53 Å². The molecule has 4 rings (SSSR count). The number of nitrogens with zero attached hydrogens (tertiary/aromatic N) is 2. The van der Waals surface area contributed by atoms with Crippen LogP contribution in [0.4, 0.5) is 5.82 Å². The fourth-order valence-electron chi connectivity index (χ4n) is 3.08. The number of hydrogen-bond acceptors (Lipinski definition) is 3. The van der Waals surface area contributed by atoms with Crippen LogP contribution in [0.3, 0.4) is 0 Å². The Bertz CT molecular complexity index is 1170. The third kappa shape index (κ3) is 4.10. The van der Waals surface area contributed by atoms with Crippen LogP contribution in [0, 0.1) is 6.92 Å². The predicted octanol–water partition coefficient (Wildman–Crippen LogP) is 5.37. The first-order chi connectivity index (χ1) is 14.0. The number of benzene rings is 2. The van der Waals surface area contributed by atoms with E-state index in [4.69, 9.17) is 21.3 Å². The molecule has 0 spiro atoms. The van der Waals surface area contributed by atoms with Crippen molar-refractivity contribution in [2.45, 2.75) is 20.0 Å². The molecule has 29 heavy (non-hydrogen) atoms. The molecule has 1 N–H and O–H groups in total. The lowest BCUT2D eigenvalue weighted by molar-refractivity contribution is -0.122. The van der Waals surface area contributed by atoms with Gasteiger partial charge in [-0.05, 0) is 49.7 Å². The third-order valence-corrected chi connectivity index (χ3v) is 4.78. The van der Waals surface area contributed by atoms with E-state index in [1.165, 1.54) is 0 Å². The number of rotatable bonds is 5. The van der Waals surface area contributed by atoms with Gasteiger partial charge in [0, 0.05) is 16.8 Å². The van der Waals surface area contributed by atoms with Crippen LogP contribution in [-0.2, 0) is 4.79 Å². The molecule has 0 saturated carbocycles. The Hall–Kier alpha value is -3.31. The zero-order valence-corrected chi connectivity index (χ0v) is 16.9. The number of imidazole rings is 1. The van der Waals surface area contributed by atoms with Crippen molar-refractivity contribution >= 4 is 29.0 Å². The van der Waals surface area contributed by atoms with Gasteiger partial charge in [-0.1, -0.05) is 48.0 Å². The third-order valence-electron chi connectivity index (χ3n) is 4.55. The summed E-state index contributed by atoms with van der Waals surface area (Å²) in [4.78, 5) is 17.6. The van der Waals surface area contributed by atoms with Crippen molar-refractivity contribution in [1.82, 2.24) is 9.38 Å². The molecular weight excluding hydrogens is 386 g/mol. The van der Waals surface area contributed by atoms with E-state index in [1.54, 1.807) is 31.2 Å². The van der Waals surface area contributed by atoms with E-state index in [2.05, 4.69) is 5.32 Å². The molecule has 0 aliphatic carbocycles. The average molecular weight is 406 g/mol. The number of amides is 1. The Kier molecular flexibility index (Phi) is 5.23. The number of carbonyl (C=O) groups excluding carboxylic acids is 1. The van der Waals surface area contributed by atoms with Gasteiger partial charge in [-0.15, -0.1) is 0 Å². The first-order valence-electron chi connectivity index (χ1n) is 9.28. The smallest absolute Gasteiger partial charge is 0.266 e. The summed E-state index contributed by atoms with van der Waals surface area (Å²) in [5.74, 6) is 0.875. The van der Waals surface area contributed by atoms with Crippen molar-refractivity contribution in [2.75, 3.05) is 5.32 Å². The van der Waals surface area contributed by atoms with Gasteiger partial charge in [0.15, 0.2) is 6.10 Å². The summed E-state index contributed by atoms with van der Waals surface area (Å²) < 4.78 is 7.63. The van der Waals surface area contributed by atoms with Crippen LogP contribution in [0.15, 0.2) is 72.9 Å². The van der Waals surface area contributed by atoms with Crippen LogP contribution < -0.4 is 10.1 Å². The number of aryl methyl sites for hydroxylation is 1. The molecule has 1 atom stereocenters. The fraction of sp³-hybridized carbons (Fsp3) is 0.130. The van der Waals surface area contributed by atoms with Crippen molar-refractivity contribution in [3.63, 3.8) is 0 Å². The quantitative estimate of drug-likeness (QED) is 0.485. The molecule has 2 aromatic carbocycles. The second-order valence-corrected chi connectivity index (χ2v) is 7.25. The summed E-state index contributed by atoms with van der Waals surface area (Å²) in [5.41, 5.74) is 3.49. The SMILES string of the molecule is Cc1ccn2c(NC(=O)C(C)Oc3cccc(Cl)c3)c(-c3ccccc3)nc2c1. The molecule has 0 fully saturated rings. The second kappa shape index (κ2) is 7.97. The highest BCUT2D eigenvalue weighted by Gasteiger charge is 2.21. The summed E-state index contributed by atoms with van der Waals surface area (Å²) in [5, 5.41) is 3.54. The number of hydrogen-bond donors (Lipinski definition) is 1. The Morgan fingerprint density at radius 1 is 1.10 bits per heavy atom. The highest BCUT2D eigenvalue weighted by atomic mass is 35.5. The molecule has 0 radical (unpaired) electrons. The molecule has 2 heterocycles. The van der Waals surface area contributed by atoms with E-state index < -0.39 is 6.10 Å². The number of halogens is 1. The maximum atomic E-state index is 12.9. The number of nitrogens with one attached hydrogen (secondary N) is 1. The van der Waals surface area contributed by atoms with Crippen molar-refractivity contribution in [1.29, 1.82) is 0 Å². The molecule has 0 bridgehead atoms. The van der Waals surface area contributed by atoms with Gasteiger partial charge >= 0.3 is 0 Å². The van der Waals surface area contributed by atoms with E-state index in [9.17, 15) is 4.79 Å². The van der Waals surface area contributed by atoms with Crippen molar-refractivity contribution in [2.24, 2.45) is 0 Å². The maximum absolute atomic E-state index is 12.9. The lowest BCUT2D eigenvalue weighted by Crippen LogP contribution is -2.30. The number of anilines is 1. The molecule has 1 amide bonds. The number of ether oxygens (including phenoxy) is 1. The monoisotopic (exact) mass is 405 g/mol. The molecule has 1 unspecified atom stereocenters. The maximum Gasteiger partial charge on any atom is 0.266 e. The number of carbonyl (C=O) groups is 1. The summed E-state index contributed by atoms with van der Waals surface area (Å²) in [6, 6.07) is 20.7. The minimum absolute atomic E-state index is 0.274. The van der Waals surface area contributed by atoms with Gasteiger partial charge in [-0.2, -0.15) is 0 Å². The van der Waals surface area contributed by atoms with E-state index in [0.717, 1.165) is 16.8 Å². The van der Waals surface area contributed by atoms with Crippen LogP contribution in [0.25, 0.3) is 16.9 Å². The van der Waals surface area contributed by atoms with Crippen LogP contribution in [0.1, 0.15) is 12.5 Å². The minimum atomic E-state index is -0.715. The van der Waals surface area contributed by atoms with Crippen LogP contribution in [0.5, 0.6) is 5.75 Å². The summed E-state index contributed by atoms with van der Waals surface area (Å²) in [6.45, 7) is 3.71. The van der Waals surface area contributed by atoms with Gasteiger partial charge in [0.25, 0.3) is 5.91 Å². The van der Waals surface area contributed by atoms with Crippen LogP contribution in [-0.4, -0.2) is 21.4 Å². The zero-order chi connectivity index (χ0) is 20.4. The van der Waals surface area contributed by atoms with Gasteiger partial charge < -0.3 is 10.1 Å². The summed E-state index contributed by atoms with van der Waals surface area (Å²) in [7, 11) is 0. The molecular formula is C23H20ClN3O2. The lowest BCUT2D eigenvalue weighted by Gasteiger charge is -2.15. The fourth-order valence-corrected chi connectivity index (χ4v) is 3.26. The van der Waals surface area contributed by atoms with Crippen LogP contribution >= 0.6 is 11.6 Å². The predicted molar refractivity (Wildman–Crippen MR) is 116 cm³/mol. The highest BCUT2D eigenvalue weighted by Crippen LogP contribution is 2.29. The Morgan fingerprint density at radius 3 is 2.66 bits per heavy atom. The van der Waals surface area contributed by atoms with E-state index >= 15 is 0 Å². The normalized spacial score (nSPS) is 12.0. The lowest BCUT2D eigenvalue weighted by atomic mass is 10.1. The van der Waals surface area contributed by atoms with Crippen molar-refractivity contribution in [3.8, 4) is 17.0 Å². The zero-order valence-electron chi connectivity index (χ0n) is 16.1. The number of aromatic nitrogens is 2. The molecule has 5 nitrogen and oxygen atoms in total. The number of fused-ring (bicyclic) bond motifs is 1. The summed E-state index contributed by atoms with van der Waals surface area (Å²) >= 11 is 6.00. The van der Waals surface area contributed by atoms with Crippen LogP contribution in [0.2, 0.25) is 5.02 Å². The molecule has 0 aliphatic rings. The second-order valence-electron chi connectivity index (χ2n) is 6.81. The molecule has 146 valence electrons. The molecule has 0 saturated heterocycles. The Morgan fingerprint density at radius 2 is 1.90 bits per heavy atom.